The number of nitro benzene ring substituents is 1. The van der Waals surface area contributed by atoms with Crippen LogP contribution in [0.3, 0.4) is 0 Å². The molecule has 1 aromatic heterocycles. The van der Waals surface area contributed by atoms with Gasteiger partial charge in [-0.15, -0.1) is 0 Å². The lowest BCUT2D eigenvalue weighted by molar-refractivity contribution is -0.384. The molecule has 0 aliphatic heterocycles. The van der Waals surface area contributed by atoms with Crippen molar-refractivity contribution in [3.63, 3.8) is 0 Å². The molecule has 2 aromatic carbocycles. The third-order valence-electron chi connectivity index (χ3n) is 4.20. The molecule has 0 fully saturated rings. The fourth-order valence-electron chi connectivity index (χ4n) is 2.78. The monoisotopic (exact) mass is 463 g/mol. The average molecular weight is 465 g/mol. The van der Waals surface area contributed by atoms with Crippen molar-refractivity contribution in [3.05, 3.63) is 79.5 Å². The second-order valence-electron chi connectivity index (χ2n) is 6.25. The van der Waals surface area contributed by atoms with Gasteiger partial charge in [0, 0.05) is 35.3 Å². The number of halogens is 2. The number of non-ortho nitro benzene ring substituents is 1. The van der Waals surface area contributed by atoms with Crippen LogP contribution in [-0.4, -0.2) is 18.0 Å². The second-order valence-corrected chi connectivity index (χ2v) is 7.57. The number of hydrogen-bond donors (Lipinski definition) is 2. The van der Waals surface area contributed by atoms with Gasteiger partial charge in [0.25, 0.3) is 5.69 Å². The highest BCUT2D eigenvalue weighted by Gasteiger charge is 2.10. The van der Waals surface area contributed by atoms with Crippen LogP contribution >= 0.6 is 27.5 Å². The van der Waals surface area contributed by atoms with Crippen LogP contribution in [0, 0.1) is 17.0 Å². The van der Waals surface area contributed by atoms with Crippen molar-refractivity contribution in [2.75, 3.05) is 18.4 Å². The van der Waals surface area contributed by atoms with Gasteiger partial charge in [-0.05, 0) is 48.9 Å². The Kier molecular flexibility index (Phi) is 6.72. The second kappa shape index (κ2) is 9.23. The lowest BCUT2D eigenvalue weighted by Crippen LogP contribution is -2.21. The summed E-state index contributed by atoms with van der Waals surface area (Å²) >= 11 is 9.53. The van der Waals surface area contributed by atoms with Gasteiger partial charge in [-0.1, -0.05) is 27.5 Å². The Hall–Kier alpha value is -2.35. The maximum Gasteiger partial charge on any atom is 0.271 e. The number of furan rings is 1. The third-order valence-corrected chi connectivity index (χ3v) is 5.00. The first kappa shape index (κ1) is 20.4. The Balaban J connectivity index is 1.47. The van der Waals surface area contributed by atoms with E-state index in [1.807, 2.05) is 24.3 Å². The van der Waals surface area contributed by atoms with Crippen molar-refractivity contribution >= 4 is 38.9 Å². The number of rotatable bonds is 8. The molecule has 0 atom stereocenters. The predicted molar refractivity (Wildman–Crippen MR) is 115 cm³/mol. The standard InChI is InChI=1S/C20H19BrClN3O3/c1-13-10-14(21)2-5-17(13)20-7-4-16(28-20)12-23-8-9-24-19-6-3-15(25(26)27)11-18(19)22/h2-7,10-11,23-24H,8-9,12H2,1H3. The smallest absolute Gasteiger partial charge is 0.271 e. The van der Waals surface area contributed by atoms with Gasteiger partial charge in [-0.2, -0.15) is 0 Å². The molecule has 0 aliphatic rings. The Morgan fingerprint density at radius 1 is 1.14 bits per heavy atom. The minimum absolute atomic E-state index is 0.0247. The molecule has 3 aromatic rings. The van der Waals surface area contributed by atoms with E-state index in [1.54, 1.807) is 6.07 Å². The first-order chi connectivity index (χ1) is 13.4. The number of nitrogens with zero attached hydrogens (tertiary/aromatic N) is 1. The molecule has 0 saturated carbocycles. The van der Waals surface area contributed by atoms with E-state index in [1.165, 1.54) is 12.1 Å². The van der Waals surface area contributed by atoms with Gasteiger partial charge in [0.1, 0.15) is 11.5 Å². The zero-order chi connectivity index (χ0) is 20.1. The Morgan fingerprint density at radius 3 is 2.68 bits per heavy atom. The molecule has 0 saturated heterocycles. The molecule has 0 spiro atoms. The molecule has 0 amide bonds. The number of nitrogens with one attached hydrogen (secondary N) is 2. The summed E-state index contributed by atoms with van der Waals surface area (Å²) in [6.45, 7) is 3.96. The third kappa shape index (κ3) is 5.13. The molecule has 3 rings (SSSR count). The van der Waals surface area contributed by atoms with Crippen molar-refractivity contribution in [2.24, 2.45) is 0 Å². The van der Waals surface area contributed by atoms with Crippen LogP contribution in [0.5, 0.6) is 0 Å². The number of aryl methyl sites for hydroxylation is 1. The summed E-state index contributed by atoms with van der Waals surface area (Å²) in [5.74, 6) is 1.70. The number of nitro groups is 1. The molecule has 0 unspecified atom stereocenters. The van der Waals surface area contributed by atoms with E-state index in [9.17, 15) is 10.1 Å². The van der Waals surface area contributed by atoms with Gasteiger partial charge in [-0.3, -0.25) is 10.1 Å². The van der Waals surface area contributed by atoms with Gasteiger partial charge in [-0.25, -0.2) is 0 Å². The van der Waals surface area contributed by atoms with Crippen LogP contribution in [0.15, 0.2) is 57.4 Å². The van der Waals surface area contributed by atoms with Crippen LogP contribution in [0.1, 0.15) is 11.3 Å². The molecular weight excluding hydrogens is 446 g/mol. The highest BCUT2D eigenvalue weighted by atomic mass is 79.9. The van der Waals surface area contributed by atoms with Gasteiger partial charge >= 0.3 is 0 Å². The van der Waals surface area contributed by atoms with Crippen molar-refractivity contribution in [2.45, 2.75) is 13.5 Å². The molecule has 6 nitrogen and oxygen atoms in total. The molecule has 28 heavy (non-hydrogen) atoms. The summed E-state index contributed by atoms with van der Waals surface area (Å²) in [6, 6.07) is 14.4. The summed E-state index contributed by atoms with van der Waals surface area (Å²) < 4.78 is 6.97. The van der Waals surface area contributed by atoms with E-state index < -0.39 is 4.92 Å². The minimum atomic E-state index is -0.468. The zero-order valence-electron chi connectivity index (χ0n) is 15.2. The molecule has 0 bridgehead atoms. The van der Waals surface area contributed by atoms with Gasteiger partial charge in [0.05, 0.1) is 22.2 Å². The van der Waals surface area contributed by atoms with Gasteiger partial charge in [0.2, 0.25) is 0 Å². The fourth-order valence-corrected chi connectivity index (χ4v) is 3.50. The fraction of sp³-hybridized carbons (Fsp3) is 0.200. The Bertz CT molecular complexity index is 991. The topological polar surface area (TPSA) is 80.3 Å². The molecule has 146 valence electrons. The van der Waals surface area contributed by atoms with Gasteiger partial charge in [0.15, 0.2) is 0 Å². The lowest BCUT2D eigenvalue weighted by atomic mass is 10.1. The first-order valence-electron chi connectivity index (χ1n) is 8.68. The number of benzene rings is 2. The lowest BCUT2D eigenvalue weighted by Gasteiger charge is -2.08. The predicted octanol–water partition coefficient (Wildman–Crippen LogP) is 5.78. The maximum atomic E-state index is 10.7. The molecule has 1 heterocycles. The molecule has 2 N–H and O–H groups in total. The van der Waals surface area contributed by atoms with E-state index >= 15 is 0 Å². The summed E-state index contributed by atoms with van der Waals surface area (Å²) in [6.07, 6.45) is 0. The Labute approximate surface area is 176 Å². The molecule has 0 radical (unpaired) electrons. The number of hydrogen-bond acceptors (Lipinski definition) is 5. The van der Waals surface area contributed by atoms with Crippen LogP contribution in [0.25, 0.3) is 11.3 Å². The van der Waals surface area contributed by atoms with Crippen molar-refractivity contribution in [3.8, 4) is 11.3 Å². The summed E-state index contributed by atoms with van der Waals surface area (Å²) in [5, 5.41) is 17.5. The average Bonchev–Trinajstić information content (AvgIpc) is 3.11. The van der Waals surface area contributed by atoms with Gasteiger partial charge < -0.3 is 15.1 Å². The van der Waals surface area contributed by atoms with E-state index in [4.69, 9.17) is 16.0 Å². The highest BCUT2D eigenvalue weighted by molar-refractivity contribution is 9.10. The van der Waals surface area contributed by atoms with Crippen LogP contribution in [-0.2, 0) is 6.54 Å². The number of anilines is 1. The van der Waals surface area contributed by atoms with E-state index in [-0.39, 0.29) is 5.69 Å². The van der Waals surface area contributed by atoms with Crippen LogP contribution < -0.4 is 10.6 Å². The van der Waals surface area contributed by atoms with Crippen molar-refractivity contribution in [1.82, 2.24) is 5.32 Å². The quantitative estimate of drug-likeness (QED) is 0.251. The summed E-state index contributed by atoms with van der Waals surface area (Å²) in [4.78, 5) is 10.3. The molecule has 8 heteroatoms. The van der Waals surface area contributed by atoms with E-state index in [2.05, 4.69) is 39.6 Å². The summed E-state index contributed by atoms with van der Waals surface area (Å²) in [7, 11) is 0. The minimum Gasteiger partial charge on any atom is -0.460 e. The SMILES string of the molecule is Cc1cc(Br)ccc1-c1ccc(CNCCNc2ccc([N+](=O)[O-])cc2Cl)o1. The summed E-state index contributed by atoms with van der Waals surface area (Å²) in [5.41, 5.74) is 2.86. The van der Waals surface area contributed by atoms with Crippen LogP contribution in [0.2, 0.25) is 5.02 Å². The largest absolute Gasteiger partial charge is 0.460 e. The molecular formula is C20H19BrClN3O3. The normalized spacial score (nSPS) is 10.8. The zero-order valence-corrected chi connectivity index (χ0v) is 17.5. The first-order valence-corrected chi connectivity index (χ1v) is 9.85. The van der Waals surface area contributed by atoms with E-state index in [0.717, 1.165) is 27.1 Å². The van der Waals surface area contributed by atoms with Crippen LogP contribution in [0.4, 0.5) is 11.4 Å². The Morgan fingerprint density at radius 2 is 1.96 bits per heavy atom. The molecule has 0 aliphatic carbocycles. The van der Waals surface area contributed by atoms with E-state index in [0.29, 0.717) is 30.3 Å². The van der Waals surface area contributed by atoms with Crippen molar-refractivity contribution < 1.29 is 9.34 Å². The van der Waals surface area contributed by atoms with Crippen molar-refractivity contribution in [1.29, 1.82) is 0 Å². The maximum absolute atomic E-state index is 10.7. The highest BCUT2D eigenvalue weighted by Crippen LogP contribution is 2.28.